The zero-order chi connectivity index (χ0) is 26.8. The number of nitrogens with zero attached hydrogens (tertiary/aromatic N) is 2. The lowest BCUT2D eigenvalue weighted by molar-refractivity contribution is -0.739. The van der Waals surface area contributed by atoms with Crippen molar-refractivity contribution in [3.63, 3.8) is 0 Å². The van der Waals surface area contributed by atoms with Crippen LogP contribution in [0.15, 0.2) is 126 Å². The molecule has 0 saturated heterocycles. The molecule has 0 fully saturated rings. The SMILES string of the molecule is CC1(C)c2ccccc2-c2cc3c(cc21)c1ccccc1n3C1=NC(c2ccccc2)[NH2+]C(c2ccccc2)N1. The molecule has 5 aromatic carbocycles. The van der Waals surface area contributed by atoms with E-state index in [1.165, 1.54) is 55.2 Å². The molecule has 0 spiro atoms. The molecule has 2 atom stereocenters. The van der Waals surface area contributed by atoms with Crippen LogP contribution >= 0.6 is 0 Å². The molecule has 4 heteroatoms. The van der Waals surface area contributed by atoms with Crippen LogP contribution in [0.5, 0.6) is 0 Å². The van der Waals surface area contributed by atoms with Crippen LogP contribution in [0.4, 0.5) is 0 Å². The molecule has 1 aliphatic carbocycles. The molecule has 40 heavy (non-hydrogen) atoms. The summed E-state index contributed by atoms with van der Waals surface area (Å²) in [6, 6.07) is 43.7. The number of fused-ring (bicyclic) bond motifs is 6. The molecular formula is C36H31N4+. The molecular weight excluding hydrogens is 488 g/mol. The van der Waals surface area contributed by atoms with Crippen molar-refractivity contribution >= 4 is 27.8 Å². The fourth-order valence-corrected chi connectivity index (χ4v) is 6.79. The number of benzene rings is 5. The van der Waals surface area contributed by atoms with Gasteiger partial charge in [-0.15, -0.1) is 0 Å². The van der Waals surface area contributed by atoms with Gasteiger partial charge in [0.25, 0.3) is 0 Å². The summed E-state index contributed by atoms with van der Waals surface area (Å²) < 4.78 is 2.34. The summed E-state index contributed by atoms with van der Waals surface area (Å²) in [4.78, 5) is 5.35. The number of aromatic nitrogens is 1. The molecule has 4 nitrogen and oxygen atoms in total. The van der Waals surface area contributed by atoms with Crippen LogP contribution in [0, 0.1) is 0 Å². The van der Waals surface area contributed by atoms with Gasteiger partial charge >= 0.3 is 0 Å². The minimum absolute atomic E-state index is 0.0317. The van der Waals surface area contributed by atoms with Gasteiger partial charge in [-0.05, 0) is 40.5 Å². The van der Waals surface area contributed by atoms with Crippen molar-refractivity contribution < 1.29 is 5.32 Å². The molecule has 1 aromatic heterocycles. The molecule has 1 aliphatic heterocycles. The van der Waals surface area contributed by atoms with E-state index in [1.54, 1.807) is 0 Å². The summed E-state index contributed by atoms with van der Waals surface area (Å²) in [5, 5.41) is 8.65. The number of para-hydroxylation sites is 1. The maximum Gasteiger partial charge on any atom is 0.213 e. The van der Waals surface area contributed by atoms with Crippen molar-refractivity contribution in [1.29, 1.82) is 0 Å². The summed E-state index contributed by atoms with van der Waals surface area (Å²) in [6.45, 7) is 4.69. The van der Waals surface area contributed by atoms with Gasteiger partial charge in [0.05, 0.1) is 11.0 Å². The monoisotopic (exact) mass is 519 g/mol. The van der Waals surface area contributed by atoms with Crippen LogP contribution in [-0.2, 0) is 5.41 Å². The van der Waals surface area contributed by atoms with Gasteiger partial charge in [0.2, 0.25) is 12.1 Å². The van der Waals surface area contributed by atoms with E-state index in [1.807, 2.05) is 0 Å². The third kappa shape index (κ3) is 3.39. The normalized spacial score (nSPS) is 19.2. The van der Waals surface area contributed by atoms with E-state index in [-0.39, 0.29) is 17.7 Å². The van der Waals surface area contributed by atoms with Gasteiger partial charge in [0.1, 0.15) is 0 Å². The number of nitrogens with one attached hydrogen (secondary N) is 1. The van der Waals surface area contributed by atoms with Gasteiger partial charge in [0, 0.05) is 27.3 Å². The number of rotatable bonds is 2. The van der Waals surface area contributed by atoms with Crippen LogP contribution in [-0.4, -0.2) is 10.5 Å². The summed E-state index contributed by atoms with van der Waals surface area (Å²) in [5.74, 6) is 0.877. The molecule has 2 heterocycles. The number of aliphatic imine (C=N–C) groups is 1. The Morgan fingerprint density at radius 1 is 0.650 bits per heavy atom. The van der Waals surface area contributed by atoms with E-state index in [0.29, 0.717) is 0 Å². The summed E-state index contributed by atoms with van der Waals surface area (Å²) in [7, 11) is 0. The molecule has 0 amide bonds. The maximum absolute atomic E-state index is 5.35. The van der Waals surface area contributed by atoms with Gasteiger partial charge in [-0.2, -0.15) is 4.99 Å². The van der Waals surface area contributed by atoms with Crippen molar-refractivity contribution in [3.8, 4) is 11.1 Å². The van der Waals surface area contributed by atoms with Crippen molar-refractivity contribution in [1.82, 2.24) is 9.88 Å². The van der Waals surface area contributed by atoms with E-state index in [9.17, 15) is 0 Å². The molecule has 0 bridgehead atoms. The predicted octanol–water partition coefficient (Wildman–Crippen LogP) is 6.87. The molecule has 3 N–H and O–H groups in total. The zero-order valence-electron chi connectivity index (χ0n) is 22.7. The number of quaternary nitrogens is 1. The molecule has 0 saturated carbocycles. The minimum atomic E-state index is -0.0621. The van der Waals surface area contributed by atoms with Crippen molar-refractivity contribution in [3.05, 3.63) is 144 Å². The topological polar surface area (TPSA) is 45.9 Å². The number of hydrogen-bond donors (Lipinski definition) is 2. The van der Waals surface area contributed by atoms with E-state index >= 15 is 0 Å². The second-order valence-electron chi connectivity index (χ2n) is 11.5. The van der Waals surface area contributed by atoms with E-state index in [4.69, 9.17) is 4.99 Å². The highest BCUT2D eigenvalue weighted by atomic mass is 15.4. The van der Waals surface area contributed by atoms with Crippen molar-refractivity contribution in [2.45, 2.75) is 31.6 Å². The lowest BCUT2D eigenvalue weighted by Gasteiger charge is -2.29. The van der Waals surface area contributed by atoms with Crippen LogP contribution in [0.1, 0.15) is 48.4 Å². The Kier molecular flexibility index (Phi) is 5.04. The predicted molar refractivity (Wildman–Crippen MR) is 163 cm³/mol. The molecule has 194 valence electrons. The largest absolute Gasteiger partial charge is 0.302 e. The fourth-order valence-electron chi connectivity index (χ4n) is 6.79. The first kappa shape index (κ1) is 23.2. The molecule has 6 aromatic rings. The molecule has 2 aliphatic rings. The average molecular weight is 520 g/mol. The highest BCUT2D eigenvalue weighted by Gasteiger charge is 2.37. The fraction of sp³-hybridized carbons (Fsp3) is 0.139. The number of nitrogens with two attached hydrogens (primary N) is 1. The first-order chi connectivity index (χ1) is 19.6. The van der Waals surface area contributed by atoms with Crippen LogP contribution < -0.4 is 10.6 Å². The zero-order valence-corrected chi connectivity index (χ0v) is 22.7. The average Bonchev–Trinajstić information content (AvgIpc) is 3.45. The quantitative estimate of drug-likeness (QED) is 0.258. The Bertz CT molecular complexity index is 1930. The van der Waals surface area contributed by atoms with Crippen LogP contribution in [0.25, 0.3) is 32.9 Å². The van der Waals surface area contributed by atoms with Gasteiger partial charge < -0.3 is 5.32 Å². The second kappa shape index (κ2) is 8.67. The summed E-state index contributed by atoms with van der Waals surface area (Å²) in [6.07, 6.45) is -0.0304. The first-order valence-corrected chi connectivity index (χ1v) is 14.1. The lowest BCUT2D eigenvalue weighted by Crippen LogP contribution is -2.91. The lowest BCUT2D eigenvalue weighted by atomic mass is 9.82. The Morgan fingerprint density at radius 2 is 1.32 bits per heavy atom. The van der Waals surface area contributed by atoms with Crippen molar-refractivity contribution in [2.24, 2.45) is 4.99 Å². The van der Waals surface area contributed by atoms with E-state index in [0.717, 1.165) is 5.96 Å². The third-order valence-corrected chi connectivity index (χ3v) is 8.81. The van der Waals surface area contributed by atoms with Crippen LogP contribution in [0.3, 0.4) is 0 Å². The summed E-state index contributed by atoms with van der Waals surface area (Å²) >= 11 is 0. The Morgan fingerprint density at radius 3 is 2.12 bits per heavy atom. The maximum atomic E-state index is 5.35. The highest BCUT2D eigenvalue weighted by molar-refractivity contribution is 6.15. The van der Waals surface area contributed by atoms with Crippen molar-refractivity contribution in [2.75, 3.05) is 0 Å². The molecule has 0 radical (unpaired) electrons. The van der Waals surface area contributed by atoms with E-state index in [2.05, 4.69) is 150 Å². The highest BCUT2D eigenvalue weighted by Crippen LogP contribution is 2.50. The third-order valence-electron chi connectivity index (χ3n) is 8.81. The minimum Gasteiger partial charge on any atom is -0.302 e. The standard InChI is InChI=1S/C36H30N4/c1-36(2)29-19-11-9-17-25(29)27-22-32-28(21-30(27)36)26-18-10-12-20-31(26)40(32)35-38-33(23-13-5-3-6-14-23)37-34(39-35)24-15-7-4-8-16-24/h3-22,33-34,37H,1-2H3,(H,38,39)/p+1. The summed E-state index contributed by atoms with van der Waals surface area (Å²) in [5.41, 5.74) is 10.2. The van der Waals surface area contributed by atoms with Crippen LogP contribution in [0.2, 0.25) is 0 Å². The smallest absolute Gasteiger partial charge is 0.213 e. The first-order valence-electron chi connectivity index (χ1n) is 14.1. The van der Waals surface area contributed by atoms with Gasteiger partial charge in [-0.25, -0.2) is 0 Å². The van der Waals surface area contributed by atoms with Gasteiger partial charge in [0.15, 0.2) is 6.17 Å². The Hall–Kier alpha value is -4.67. The van der Waals surface area contributed by atoms with Gasteiger partial charge in [-0.3, -0.25) is 9.88 Å². The van der Waals surface area contributed by atoms with E-state index < -0.39 is 0 Å². The second-order valence-corrected chi connectivity index (χ2v) is 11.5. The Labute approximate surface area is 234 Å². The number of hydrogen-bond acceptors (Lipinski definition) is 2. The molecule has 8 rings (SSSR count). The van der Waals surface area contributed by atoms with Gasteiger partial charge in [-0.1, -0.05) is 117 Å². The molecule has 2 unspecified atom stereocenters. The Balaban J connectivity index is 1.39.